The molecule has 0 saturated heterocycles. The van der Waals surface area contributed by atoms with Gasteiger partial charge in [0.05, 0.1) is 17.6 Å². The molecule has 7 nitrogen and oxygen atoms in total. The van der Waals surface area contributed by atoms with Gasteiger partial charge in [-0.25, -0.2) is 4.68 Å². The van der Waals surface area contributed by atoms with Crippen LogP contribution in [0.15, 0.2) is 41.3 Å². The highest BCUT2D eigenvalue weighted by Crippen LogP contribution is 2.16. The van der Waals surface area contributed by atoms with Crippen LogP contribution in [0.25, 0.3) is 5.69 Å². The summed E-state index contributed by atoms with van der Waals surface area (Å²) in [5.41, 5.74) is 1.87. The number of anilines is 2. The average molecular weight is 314 g/mol. The van der Waals surface area contributed by atoms with Gasteiger partial charge in [-0.1, -0.05) is 18.2 Å². The lowest BCUT2D eigenvalue weighted by molar-refractivity contribution is 0.630. The van der Waals surface area contributed by atoms with Crippen LogP contribution in [-0.4, -0.2) is 24.5 Å². The Morgan fingerprint density at radius 2 is 2.00 bits per heavy atom. The third-order valence-corrected chi connectivity index (χ3v) is 3.56. The van der Waals surface area contributed by atoms with E-state index in [0.29, 0.717) is 11.5 Å². The van der Waals surface area contributed by atoms with Crippen molar-refractivity contribution in [1.82, 2.24) is 24.5 Å². The summed E-state index contributed by atoms with van der Waals surface area (Å²) in [7, 11) is 1.83. The van der Waals surface area contributed by atoms with E-state index in [-0.39, 0.29) is 10.3 Å². The van der Waals surface area contributed by atoms with Crippen molar-refractivity contribution < 1.29 is 0 Å². The van der Waals surface area contributed by atoms with E-state index >= 15 is 0 Å². The van der Waals surface area contributed by atoms with E-state index in [0.717, 1.165) is 11.4 Å². The summed E-state index contributed by atoms with van der Waals surface area (Å²) in [5, 5.41) is 9.41. The van der Waals surface area contributed by atoms with E-state index in [1.54, 1.807) is 9.36 Å². The first-order valence-electron chi connectivity index (χ1n) is 6.60. The molecule has 22 heavy (non-hydrogen) atoms. The lowest BCUT2D eigenvalue weighted by atomic mass is 10.3. The number of rotatable bonds is 3. The number of aromatic nitrogens is 5. The standard InChI is InChI=1S/C14H14N6OS/c1-9-12(16-11-8-15-18-14(22)17-11)13(21)20(19(9)2)10-6-4-3-5-7-10/h3-8H,1-2H3,(H2,16,17,18,22). The number of para-hydroxylation sites is 1. The maximum Gasteiger partial charge on any atom is 0.295 e. The van der Waals surface area contributed by atoms with E-state index in [9.17, 15) is 4.79 Å². The van der Waals surface area contributed by atoms with Gasteiger partial charge in [0, 0.05) is 7.05 Å². The van der Waals surface area contributed by atoms with Crippen molar-refractivity contribution in [2.45, 2.75) is 6.92 Å². The van der Waals surface area contributed by atoms with Crippen LogP contribution in [0.5, 0.6) is 0 Å². The number of benzene rings is 1. The van der Waals surface area contributed by atoms with Crippen molar-refractivity contribution in [2.24, 2.45) is 7.05 Å². The predicted molar refractivity (Wildman–Crippen MR) is 86.2 cm³/mol. The predicted octanol–water partition coefficient (Wildman–Crippen LogP) is 2.08. The third-order valence-electron chi connectivity index (χ3n) is 3.38. The molecule has 2 heterocycles. The summed E-state index contributed by atoms with van der Waals surface area (Å²) in [4.78, 5) is 16.8. The monoisotopic (exact) mass is 314 g/mol. The second-order valence-electron chi connectivity index (χ2n) is 4.73. The van der Waals surface area contributed by atoms with Crippen molar-refractivity contribution >= 4 is 23.7 Å². The van der Waals surface area contributed by atoms with Crippen LogP contribution in [0.3, 0.4) is 0 Å². The summed E-state index contributed by atoms with van der Waals surface area (Å²) >= 11 is 4.93. The molecule has 2 N–H and O–H groups in total. The van der Waals surface area contributed by atoms with Crippen molar-refractivity contribution in [3.8, 4) is 5.69 Å². The second kappa shape index (κ2) is 5.57. The molecule has 0 aliphatic heterocycles. The molecule has 0 aliphatic carbocycles. The van der Waals surface area contributed by atoms with Gasteiger partial charge in [-0.05, 0) is 31.3 Å². The van der Waals surface area contributed by atoms with Crippen molar-refractivity contribution in [3.63, 3.8) is 0 Å². The molecule has 0 fully saturated rings. The Morgan fingerprint density at radius 1 is 1.27 bits per heavy atom. The first-order valence-corrected chi connectivity index (χ1v) is 7.01. The molecule has 0 spiro atoms. The van der Waals surface area contributed by atoms with Crippen LogP contribution >= 0.6 is 12.2 Å². The van der Waals surface area contributed by atoms with Gasteiger partial charge in [0.25, 0.3) is 5.56 Å². The molecule has 1 aromatic carbocycles. The van der Waals surface area contributed by atoms with E-state index in [1.165, 1.54) is 6.20 Å². The molecule has 3 aromatic rings. The zero-order valence-corrected chi connectivity index (χ0v) is 12.9. The molecule has 2 aromatic heterocycles. The molecule has 0 radical (unpaired) electrons. The van der Waals surface area contributed by atoms with Gasteiger partial charge >= 0.3 is 0 Å². The number of nitrogens with one attached hydrogen (secondary N) is 2. The SMILES string of the molecule is Cc1c(Nc2cn[nH]c(=S)n2)c(=O)n(-c2ccccc2)n1C. The molecular formula is C14H14N6OS. The Balaban J connectivity index is 2.11. The lowest BCUT2D eigenvalue weighted by Gasteiger charge is -2.07. The van der Waals surface area contributed by atoms with Gasteiger partial charge in [0.1, 0.15) is 5.69 Å². The molecule has 0 unspecified atom stereocenters. The van der Waals surface area contributed by atoms with Crippen LogP contribution in [0.4, 0.5) is 11.5 Å². The Hall–Kier alpha value is -2.74. The van der Waals surface area contributed by atoms with Crippen molar-refractivity contribution in [1.29, 1.82) is 0 Å². The fraction of sp³-hybridized carbons (Fsp3) is 0.143. The quantitative estimate of drug-likeness (QED) is 0.723. The van der Waals surface area contributed by atoms with E-state index < -0.39 is 0 Å². The summed E-state index contributed by atoms with van der Waals surface area (Å²) in [6.07, 6.45) is 1.48. The summed E-state index contributed by atoms with van der Waals surface area (Å²) < 4.78 is 3.63. The largest absolute Gasteiger partial charge is 0.333 e. The minimum absolute atomic E-state index is 0.160. The van der Waals surface area contributed by atoms with Gasteiger partial charge in [0.15, 0.2) is 5.82 Å². The first kappa shape index (κ1) is 14.2. The normalized spacial score (nSPS) is 10.6. The van der Waals surface area contributed by atoms with Gasteiger partial charge in [-0.2, -0.15) is 10.1 Å². The maximum atomic E-state index is 12.7. The number of aromatic amines is 1. The van der Waals surface area contributed by atoms with Crippen molar-refractivity contribution in [2.75, 3.05) is 5.32 Å². The first-order chi connectivity index (χ1) is 10.6. The minimum Gasteiger partial charge on any atom is -0.333 e. The maximum absolute atomic E-state index is 12.7. The van der Waals surface area contributed by atoms with Gasteiger partial charge in [-0.3, -0.25) is 14.6 Å². The highest BCUT2D eigenvalue weighted by atomic mass is 32.1. The molecule has 0 atom stereocenters. The molecule has 0 saturated carbocycles. The van der Waals surface area contributed by atoms with Crippen LogP contribution in [-0.2, 0) is 7.05 Å². The highest BCUT2D eigenvalue weighted by Gasteiger charge is 2.16. The molecular weight excluding hydrogens is 300 g/mol. The highest BCUT2D eigenvalue weighted by molar-refractivity contribution is 7.71. The summed E-state index contributed by atoms with van der Waals surface area (Å²) in [6.45, 7) is 1.86. The fourth-order valence-electron chi connectivity index (χ4n) is 2.21. The summed E-state index contributed by atoms with van der Waals surface area (Å²) in [6, 6.07) is 9.44. The molecule has 0 bridgehead atoms. The number of H-pyrrole nitrogens is 1. The Bertz CT molecular complexity index is 924. The number of hydrogen-bond acceptors (Lipinski definition) is 5. The van der Waals surface area contributed by atoms with Gasteiger partial charge < -0.3 is 5.32 Å². The zero-order chi connectivity index (χ0) is 15.7. The lowest BCUT2D eigenvalue weighted by Crippen LogP contribution is -2.20. The molecule has 0 aliphatic rings. The van der Waals surface area contributed by atoms with Gasteiger partial charge in [0.2, 0.25) is 4.77 Å². The fourth-order valence-corrected chi connectivity index (χ4v) is 2.36. The minimum atomic E-state index is -0.160. The van der Waals surface area contributed by atoms with E-state index in [4.69, 9.17) is 12.2 Å². The zero-order valence-electron chi connectivity index (χ0n) is 12.1. The average Bonchev–Trinajstić information content (AvgIpc) is 2.72. The van der Waals surface area contributed by atoms with Crippen LogP contribution in [0, 0.1) is 11.7 Å². The Labute approximate surface area is 131 Å². The van der Waals surface area contributed by atoms with Crippen molar-refractivity contribution in [3.05, 3.63) is 57.3 Å². The van der Waals surface area contributed by atoms with E-state index in [2.05, 4.69) is 20.5 Å². The Kier molecular flexibility index (Phi) is 3.60. The second-order valence-corrected chi connectivity index (χ2v) is 5.12. The topological polar surface area (TPSA) is 80.5 Å². The van der Waals surface area contributed by atoms with Gasteiger partial charge in [-0.15, -0.1) is 0 Å². The van der Waals surface area contributed by atoms with Crippen LogP contribution < -0.4 is 10.9 Å². The third kappa shape index (κ3) is 2.44. The Morgan fingerprint density at radius 3 is 2.68 bits per heavy atom. The number of hydrogen-bond donors (Lipinski definition) is 2. The summed E-state index contributed by atoms with van der Waals surface area (Å²) in [5.74, 6) is 0.426. The van der Waals surface area contributed by atoms with E-state index in [1.807, 2.05) is 44.3 Å². The van der Waals surface area contributed by atoms with Crippen LogP contribution in [0.1, 0.15) is 5.69 Å². The molecule has 3 rings (SSSR count). The van der Waals surface area contributed by atoms with Crippen LogP contribution in [0.2, 0.25) is 0 Å². The molecule has 0 amide bonds. The molecule has 112 valence electrons. The molecule has 8 heteroatoms. The smallest absolute Gasteiger partial charge is 0.295 e. The number of nitrogens with zero attached hydrogens (tertiary/aromatic N) is 4.